The fraction of sp³-hybridized carbons (Fsp3) is 0.909. The van der Waals surface area contributed by atoms with Gasteiger partial charge < -0.3 is 9.64 Å². The summed E-state index contributed by atoms with van der Waals surface area (Å²) < 4.78 is 5.04. The molecule has 0 aromatic heterocycles. The average molecular weight is 199 g/mol. The van der Waals surface area contributed by atoms with E-state index in [1.165, 1.54) is 0 Å². The van der Waals surface area contributed by atoms with E-state index in [2.05, 4.69) is 11.8 Å². The van der Waals surface area contributed by atoms with E-state index < -0.39 is 0 Å². The third kappa shape index (κ3) is 3.29. The highest BCUT2D eigenvalue weighted by Crippen LogP contribution is 2.17. The average Bonchev–Trinajstić information content (AvgIpc) is 2.19. The number of ether oxygens (including phenoxy) is 1. The Morgan fingerprint density at radius 2 is 2.29 bits per heavy atom. The summed E-state index contributed by atoms with van der Waals surface area (Å²) in [6.07, 6.45) is 3.29. The van der Waals surface area contributed by atoms with Crippen LogP contribution >= 0.6 is 0 Å². The lowest BCUT2D eigenvalue weighted by Crippen LogP contribution is -2.39. The monoisotopic (exact) mass is 199 g/mol. The highest BCUT2D eigenvalue weighted by Gasteiger charge is 2.25. The topological polar surface area (TPSA) is 29.5 Å². The van der Waals surface area contributed by atoms with E-state index in [9.17, 15) is 4.79 Å². The zero-order valence-corrected chi connectivity index (χ0v) is 9.29. The van der Waals surface area contributed by atoms with Gasteiger partial charge in [0, 0.05) is 6.54 Å². The summed E-state index contributed by atoms with van der Waals surface area (Å²) >= 11 is 0. The van der Waals surface area contributed by atoms with Crippen LogP contribution in [0, 0.1) is 5.92 Å². The normalized spacial score (nSPS) is 23.4. The van der Waals surface area contributed by atoms with Crippen LogP contribution in [0.25, 0.3) is 0 Å². The van der Waals surface area contributed by atoms with E-state index in [0.717, 1.165) is 38.9 Å². The third-order valence-electron chi connectivity index (χ3n) is 2.67. The number of nitrogens with zero attached hydrogens (tertiary/aromatic N) is 1. The molecule has 1 atom stereocenters. The Morgan fingerprint density at radius 3 is 2.93 bits per heavy atom. The standard InChI is InChI=1S/C11H21NO2/c1-3-7-12-8-5-6-10(9-12)11(13)14-4-2/h10H,3-9H2,1-2H3/t10-/m1/s1. The van der Waals surface area contributed by atoms with Crippen LogP contribution in [0.4, 0.5) is 0 Å². The third-order valence-corrected chi connectivity index (χ3v) is 2.67. The molecule has 0 amide bonds. The molecule has 1 fully saturated rings. The molecule has 82 valence electrons. The molecular weight excluding hydrogens is 178 g/mol. The van der Waals surface area contributed by atoms with E-state index in [4.69, 9.17) is 4.74 Å². The van der Waals surface area contributed by atoms with Crippen molar-refractivity contribution >= 4 is 5.97 Å². The van der Waals surface area contributed by atoms with Gasteiger partial charge in [0.25, 0.3) is 0 Å². The number of rotatable bonds is 4. The van der Waals surface area contributed by atoms with Crippen LogP contribution < -0.4 is 0 Å². The van der Waals surface area contributed by atoms with Gasteiger partial charge in [-0.2, -0.15) is 0 Å². The molecule has 1 heterocycles. The molecule has 0 N–H and O–H groups in total. The van der Waals surface area contributed by atoms with Crippen molar-refractivity contribution in [2.45, 2.75) is 33.1 Å². The summed E-state index contributed by atoms with van der Waals surface area (Å²) in [5.74, 6) is 0.114. The Balaban J connectivity index is 2.35. The van der Waals surface area contributed by atoms with Crippen LogP contribution in [-0.2, 0) is 9.53 Å². The summed E-state index contributed by atoms with van der Waals surface area (Å²) in [6, 6.07) is 0. The van der Waals surface area contributed by atoms with E-state index in [-0.39, 0.29) is 11.9 Å². The zero-order valence-electron chi connectivity index (χ0n) is 9.29. The maximum absolute atomic E-state index is 11.5. The summed E-state index contributed by atoms with van der Waals surface area (Å²) in [4.78, 5) is 13.9. The number of hydrogen-bond donors (Lipinski definition) is 0. The number of carbonyl (C=O) groups is 1. The Morgan fingerprint density at radius 1 is 1.50 bits per heavy atom. The first-order valence-electron chi connectivity index (χ1n) is 5.66. The molecule has 0 spiro atoms. The van der Waals surface area contributed by atoms with Gasteiger partial charge in [-0.05, 0) is 39.3 Å². The fourth-order valence-electron chi connectivity index (χ4n) is 2.03. The van der Waals surface area contributed by atoms with E-state index in [0.29, 0.717) is 6.61 Å². The minimum absolute atomic E-state index is 0.00620. The minimum atomic E-state index is -0.00620. The molecule has 1 aliphatic heterocycles. The van der Waals surface area contributed by atoms with Crippen LogP contribution in [0.15, 0.2) is 0 Å². The molecule has 14 heavy (non-hydrogen) atoms. The first-order chi connectivity index (χ1) is 6.77. The molecule has 0 bridgehead atoms. The van der Waals surface area contributed by atoms with E-state index in [1.807, 2.05) is 6.92 Å². The number of piperidine rings is 1. The number of carbonyl (C=O) groups excluding carboxylic acids is 1. The van der Waals surface area contributed by atoms with Gasteiger partial charge in [0.15, 0.2) is 0 Å². The van der Waals surface area contributed by atoms with Gasteiger partial charge in [-0.25, -0.2) is 0 Å². The van der Waals surface area contributed by atoms with Crippen molar-refractivity contribution < 1.29 is 9.53 Å². The maximum Gasteiger partial charge on any atom is 0.310 e. The second-order valence-electron chi connectivity index (χ2n) is 3.89. The van der Waals surface area contributed by atoms with Gasteiger partial charge in [-0.15, -0.1) is 0 Å². The van der Waals surface area contributed by atoms with Crippen molar-refractivity contribution in [1.29, 1.82) is 0 Å². The molecule has 3 heteroatoms. The number of hydrogen-bond acceptors (Lipinski definition) is 3. The molecule has 1 aliphatic rings. The molecular formula is C11H21NO2. The first-order valence-corrected chi connectivity index (χ1v) is 5.66. The molecule has 0 radical (unpaired) electrons. The first kappa shape index (κ1) is 11.5. The molecule has 1 rings (SSSR count). The molecule has 0 saturated carbocycles. The Hall–Kier alpha value is -0.570. The lowest BCUT2D eigenvalue weighted by Gasteiger charge is -2.31. The lowest BCUT2D eigenvalue weighted by molar-refractivity contribution is -0.149. The molecule has 0 aromatic carbocycles. The number of likely N-dealkylation sites (tertiary alicyclic amines) is 1. The largest absolute Gasteiger partial charge is 0.466 e. The molecule has 0 aliphatic carbocycles. The van der Waals surface area contributed by atoms with E-state index in [1.54, 1.807) is 0 Å². The fourth-order valence-corrected chi connectivity index (χ4v) is 2.03. The minimum Gasteiger partial charge on any atom is -0.466 e. The maximum atomic E-state index is 11.5. The van der Waals surface area contributed by atoms with Gasteiger partial charge in [0.1, 0.15) is 0 Å². The van der Waals surface area contributed by atoms with Crippen molar-refractivity contribution in [3.8, 4) is 0 Å². The SMILES string of the molecule is CCCN1CCC[C@@H](C(=O)OCC)C1. The Labute approximate surface area is 86.4 Å². The van der Waals surface area contributed by atoms with Crippen LogP contribution in [0.5, 0.6) is 0 Å². The van der Waals surface area contributed by atoms with Crippen LogP contribution in [0.3, 0.4) is 0 Å². The van der Waals surface area contributed by atoms with Gasteiger partial charge in [0.2, 0.25) is 0 Å². The van der Waals surface area contributed by atoms with Gasteiger partial charge in [-0.3, -0.25) is 4.79 Å². The molecule has 1 saturated heterocycles. The predicted molar refractivity (Wildman–Crippen MR) is 56.1 cm³/mol. The summed E-state index contributed by atoms with van der Waals surface area (Å²) in [5.41, 5.74) is 0. The Kier molecular flexibility index (Phi) is 4.94. The van der Waals surface area contributed by atoms with Gasteiger partial charge in [0.05, 0.1) is 12.5 Å². The van der Waals surface area contributed by atoms with Gasteiger partial charge >= 0.3 is 5.97 Å². The second-order valence-corrected chi connectivity index (χ2v) is 3.89. The van der Waals surface area contributed by atoms with Crippen molar-refractivity contribution in [1.82, 2.24) is 4.90 Å². The van der Waals surface area contributed by atoms with Crippen molar-refractivity contribution in [3.05, 3.63) is 0 Å². The molecule has 3 nitrogen and oxygen atoms in total. The smallest absolute Gasteiger partial charge is 0.310 e. The van der Waals surface area contributed by atoms with Crippen molar-refractivity contribution in [3.63, 3.8) is 0 Å². The Bertz CT molecular complexity index is 180. The quantitative estimate of drug-likeness (QED) is 0.645. The van der Waals surface area contributed by atoms with Crippen molar-refractivity contribution in [2.24, 2.45) is 5.92 Å². The molecule has 0 unspecified atom stereocenters. The summed E-state index contributed by atoms with van der Waals surface area (Å²) in [6.45, 7) is 7.69. The van der Waals surface area contributed by atoms with Gasteiger partial charge in [-0.1, -0.05) is 6.92 Å². The lowest BCUT2D eigenvalue weighted by atomic mass is 9.98. The van der Waals surface area contributed by atoms with E-state index >= 15 is 0 Å². The summed E-state index contributed by atoms with van der Waals surface area (Å²) in [5, 5.41) is 0. The summed E-state index contributed by atoms with van der Waals surface area (Å²) in [7, 11) is 0. The van der Waals surface area contributed by atoms with Crippen LogP contribution in [0.2, 0.25) is 0 Å². The highest BCUT2D eigenvalue weighted by molar-refractivity contribution is 5.72. The zero-order chi connectivity index (χ0) is 10.4. The number of esters is 1. The van der Waals surface area contributed by atoms with Crippen LogP contribution in [-0.4, -0.2) is 37.1 Å². The predicted octanol–water partition coefficient (Wildman–Crippen LogP) is 1.67. The molecule has 0 aromatic rings. The second kappa shape index (κ2) is 6.02. The van der Waals surface area contributed by atoms with Crippen molar-refractivity contribution in [2.75, 3.05) is 26.2 Å². The van der Waals surface area contributed by atoms with Crippen LogP contribution in [0.1, 0.15) is 33.1 Å². The highest BCUT2D eigenvalue weighted by atomic mass is 16.5.